The summed E-state index contributed by atoms with van der Waals surface area (Å²) in [5, 5.41) is 5.64. The van der Waals surface area contributed by atoms with Gasteiger partial charge in [-0.1, -0.05) is 20.4 Å². The molecular formula is C10H22N2O. The second-order valence-corrected chi connectivity index (χ2v) is 2.57. The molecule has 2 N–H and O–H groups in total. The molecule has 0 saturated carbocycles. The van der Waals surface area contributed by atoms with Crippen LogP contribution in [0.25, 0.3) is 0 Å². The first-order chi connectivity index (χ1) is 6.22. The molecule has 0 rings (SSSR count). The Hall–Kier alpha value is -0.830. The van der Waals surface area contributed by atoms with Gasteiger partial charge in [-0.2, -0.15) is 0 Å². The standard InChI is InChI=1S/C6H15N.C4H7NO/c1-3-5-7-6-4-2;1-3-4(6)5-2/h7H,3-6H2,1-2H3;3H,1H2,2H3,(H,5,6). The van der Waals surface area contributed by atoms with E-state index in [1.807, 2.05) is 0 Å². The summed E-state index contributed by atoms with van der Waals surface area (Å²) in [4.78, 5) is 9.95. The zero-order valence-corrected chi connectivity index (χ0v) is 9.02. The van der Waals surface area contributed by atoms with Crippen molar-refractivity contribution in [3.63, 3.8) is 0 Å². The predicted molar refractivity (Wildman–Crippen MR) is 57.7 cm³/mol. The van der Waals surface area contributed by atoms with Crippen molar-refractivity contribution in [3.05, 3.63) is 12.7 Å². The Labute approximate surface area is 81.6 Å². The van der Waals surface area contributed by atoms with Crippen LogP contribution in [0, 0.1) is 0 Å². The summed E-state index contributed by atoms with van der Waals surface area (Å²) >= 11 is 0. The van der Waals surface area contributed by atoms with Crippen LogP contribution in [0.15, 0.2) is 12.7 Å². The molecule has 13 heavy (non-hydrogen) atoms. The summed E-state index contributed by atoms with van der Waals surface area (Å²) in [5.41, 5.74) is 0. The van der Waals surface area contributed by atoms with Gasteiger partial charge in [0.15, 0.2) is 0 Å². The molecule has 0 atom stereocenters. The predicted octanol–water partition coefficient (Wildman–Crippen LogP) is 1.31. The molecule has 0 heterocycles. The van der Waals surface area contributed by atoms with Crippen molar-refractivity contribution in [2.45, 2.75) is 26.7 Å². The fraction of sp³-hybridized carbons (Fsp3) is 0.700. The summed E-state index contributed by atoms with van der Waals surface area (Å²) in [5.74, 6) is -0.144. The van der Waals surface area contributed by atoms with Crippen LogP contribution in [0.4, 0.5) is 0 Å². The highest BCUT2D eigenvalue weighted by Crippen LogP contribution is 1.71. The zero-order valence-electron chi connectivity index (χ0n) is 9.02. The molecule has 0 radical (unpaired) electrons. The molecule has 0 aliphatic rings. The van der Waals surface area contributed by atoms with Gasteiger partial charge in [0.05, 0.1) is 0 Å². The van der Waals surface area contributed by atoms with Gasteiger partial charge in [-0.05, 0) is 32.0 Å². The van der Waals surface area contributed by atoms with Crippen molar-refractivity contribution >= 4 is 5.91 Å². The maximum absolute atomic E-state index is 9.95. The molecule has 0 saturated heterocycles. The lowest BCUT2D eigenvalue weighted by molar-refractivity contribution is -0.116. The third-order valence-corrected chi connectivity index (χ3v) is 1.29. The minimum atomic E-state index is -0.144. The minimum absolute atomic E-state index is 0.144. The van der Waals surface area contributed by atoms with Crippen LogP contribution < -0.4 is 10.6 Å². The van der Waals surface area contributed by atoms with Gasteiger partial charge in [-0.3, -0.25) is 4.79 Å². The quantitative estimate of drug-likeness (QED) is 0.502. The average molecular weight is 186 g/mol. The van der Waals surface area contributed by atoms with Crippen LogP contribution in [0.1, 0.15) is 26.7 Å². The van der Waals surface area contributed by atoms with Crippen LogP contribution in [0.5, 0.6) is 0 Å². The van der Waals surface area contributed by atoms with E-state index in [4.69, 9.17) is 0 Å². The highest BCUT2D eigenvalue weighted by Gasteiger charge is 1.78. The average Bonchev–Trinajstić information content (AvgIpc) is 2.18. The van der Waals surface area contributed by atoms with E-state index in [0.29, 0.717) is 0 Å². The number of hydrogen-bond acceptors (Lipinski definition) is 2. The third kappa shape index (κ3) is 18.3. The first-order valence-electron chi connectivity index (χ1n) is 4.77. The SMILES string of the molecule is C=CC(=O)NC.CCCNCCC. The zero-order chi connectivity index (χ0) is 10.5. The van der Waals surface area contributed by atoms with E-state index in [1.54, 1.807) is 7.05 Å². The maximum Gasteiger partial charge on any atom is 0.243 e. The molecule has 78 valence electrons. The topological polar surface area (TPSA) is 41.1 Å². The third-order valence-electron chi connectivity index (χ3n) is 1.29. The number of carbonyl (C=O) groups is 1. The van der Waals surface area contributed by atoms with Crippen molar-refractivity contribution in [1.29, 1.82) is 0 Å². The van der Waals surface area contributed by atoms with Crippen molar-refractivity contribution in [1.82, 2.24) is 10.6 Å². The lowest BCUT2D eigenvalue weighted by atomic mass is 10.4. The highest BCUT2D eigenvalue weighted by atomic mass is 16.1. The van der Waals surface area contributed by atoms with Gasteiger partial charge < -0.3 is 10.6 Å². The smallest absolute Gasteiger partial charge is 0.243 e. The van der Waals surface area contributed by atoms with E-state index in [-0.39, 0.29) is 5.91 Å². The number of nitrogens with one attached hydrogen (secondary N) is 2. The molecule has 0 aromatic rings. The Morgan fingerprint density at radius 2 is 1.77 bits per heavy atom. The molecule has 0 aromatic carbocycles. The van der Waals surface area contributed by atoms with Gasteiger partial charge in [0, 0.05) is 7.05 Å². The lowest BCUT2D eigenvalue weighted by Crippen LogP contribution is -2.14. The van der Waals surface area contributed by atoms with Crippen LogP contribution in [-0.4, -0.2) is 26.0 Å². The molecule has 0 bridgehead atoms. The number of rotatable bonds is 5. The Morgan fingerprint density at radius 1 is 1.31 bits per heavy atom. The molecule has 0 spiro atoms. The number of amides is 1. The summed E-state index contributed by atoms with van der Waals surface area (Å²) in [6.45, 7) is 9.93. The fourth-order valence-electron chi connectivity index (χ4n) is 0.581. The van der Waals surface area contributed by atoms with E-state index >= 15 is 0 Å². The molecule has 0 fully saturated rings. The minimum Gasteiger partial charge on any atom is -0.356 e. The summed E-state index contributed by atoms with van der Waals surface area (Å²) in [6.07, 6.45) is 3.72. The van der Waals surface area contributed by atoms with E-state index in [2.05, 4.69) is 31.1 Å². The molecule has 0 aliphatic carbocycles. The van der Waals surface area contributed by atoms with Gasteiger partial charge >= 0.3 is 0 Å². The Bertz CT molecular complexity index is 120. The van der Waals surface area contributed by atoms with Crippen molar-refractivity contribution in [2.24, 2.45) is 0 Å². The normalized spacial score (nSPS) is 8.23. The molecule has 0 aliphatic heterocycles. The van der Waals surface area contributed by atoms with E-state index in [9.17, 15) is 4.79 Å². The first kappa shape index (κ1) is 14.7. The maximum atomic E-state index is 9.95. The van der Waals surface area contributed by atoms with Crippen molar-refractivity contribution < 1.29 is 4.79 Å². The van der Waals surface area contributed by atoms with E-state index < -0.39 is 0 Å². The van der Waals surface area contributed by atoms with E-state index in [1.165, 1.54) is 32.0 Å². The van der Waals surface area contributed by atoms with Gasteiger partial charge in [0.1, 0.15) is 0 Å². The Kier molecular flexibility index (Phi) is 15.5. The number of hydrogen-bond donors (Lipinski definition) is 2. The van der Waals surface area contributed by atoms with Gasteiger partial charge in [0.2, 0.25) is 5.91 Å². The summed E-state index contributed by atoms with van der Waals surface area (Å²) in [7, 11) is 1.56. The lowest BCUT2D eigenvalue weighted by Gasteiger charge is -1.95. The second kappa shape index (κ2) is 13.7. The number of carbonyl (C=O) groups excluding carboxylic acids is 1. The van der Waals surface area contributed by atoms with Gasteiger partial charge in [-0.25, -0.2) is 0 Å². The van der Waals surface area contributed by atoms with Gasteiger partial charge in [0.25, 0.3) is 0 Å². The second-order valence-electron chi connectivity index (χ2n) is 2.57. The van der Waals surface area contributed by atoms with Crippen LogP contribution in [-0.2, 0) is 4.79 Å². The van der Waals surface area contributed by atoms with Crippen LogP contribution in [0.3, 0.4) is 0 Å². The van der Waals surface area contributed by atoms with Crippen LogP contribution >= 0.6 is 0 Å². The molecular weight excluding hydrogens is 164 g/mol. The monoisotopic (exact) mass is 186 g/mol. The molecule has 0 unspecified atom stereocenters. The van der Waals surface area contributed by atoms with E-state index in [0.717, 1.165) is 0 Å². The Morgan fingerprint density at radius 3 is 1.92 bits per heavy atom. The van der Waals surface area contributed by atoms with Crippen molar-refractivity contribution in [3.8, 4) is 0 Å². The van der Waals surface area contributed by atoms with Crippen LogP contribution in [0.2, 0.25) is 0 Å². The molecule has 3 heteroatoms. The first-order valence-corrected chi connectivity index (χ1v) is 4.77. The Balaban J connectivity index is 0. The number of likely N-dealkylation sites (N-methyl/N-ethyl adjacent to an activating group) is 1. The van der Waals surface area contributed by atoms with Crippen molar-refractivity contribution in [2.75, 3.05) is 20.1 Å². The largest absolute Gasteiger partial charge is 0.356 e. The molecule has 3 nitrogen and oxygen atoms in total. The fourth-order valence-corrected chi connectivity index (χ4v) is 0.581. The highest BCUT2D eigenvalue weighted by molar-refractivity contribution is 5.86. The molecule has 1 amide bonds. The molecule has 0 aromatic heterocycles. The van der Waals surface area contributed by atoms with Gasteiger partial charge in [-0.15, -0.1) is 0 Å². The summed E-state index contributed by atoms with van der Waals surface area (Å²) in [6, 6.07) is 0. The summed E-state index contributed by atoms with van der Waals surface area (Å²) < 4.78 is 0.